The van der Waals surface area contributed by atoms with Crippen molar-refractivity contribution in [1.82, 2.24) is 0 Å². The van der Waals surface area contributed by atoms with Gasteiger partial charge in [0, 0.05) is 24.2 Å². The Morgan fingerprint density at radius 3 is 1.56 bits per heavy atom. The first-order valence-electron chi connectivity index (χ1n) is 12.0. The maximum atomic E-state index is 13.1. The first-order chi connectivity index (χ1) is 15.3. The van der Waals surface area contributed by atoms with E-state index in [4.69, 9.17) is 0 Å². The molecule has 0 unspecified atom stereocenters. The van der Waals surface area contributed by atoms with Crippen molar-refractivity contribution in [2.45, 2.75) is 65.2 Å². The predicted octanol–water partition coefficient (Wildman–Crippen LogP) is 6.25. The summed E-state index contributed by atoms with van der Waals surface area (Å²) in [6.45, 7) is 4.06. The summed E-state index contributed by atoms with van der Waals surface area (Å²) in [5.74, 6) is 1.57. The zero-order valence-electron chi connectivity index (χ0n) is 19.2. The summed E-state index contributed by atoms with van der Waals surface area (Å²) in [7, 11) is 0. The number of amides is 2. The summed E-state index contributed by atoms with van der Waals surface area (Å²) in [5.41, 5.74) is 4.12. The molecule has 0 saturated heterocycles. The van der Waals surface area contributed by atoms with Gasteiger partial charge in [0.25, 0.3) is 0 Å². The number of nitrogens with one attached hydrogen (secondary N) is 2. The van der Waals surface area contributed by atoms with Crippen LogP contribution in [0.15, 0.2) is 48.5 Å². The highest BCUT2D eigenvalue weighted by molar-refractivity contribution is 5.93. The molecule has 4 saturated carbocycles. The third-order valence-electron chi connectivity index (χ3n) is 8.21. The van der Waals surface area contributed by atoms with E-state index in [-0.39, 0.29) is 22.6 Å². The van der Waals surface area contributed by atoms with Gasteiger partial charge in [0.2, 0.25) is 11.8 Å². The first kappa shape index (κ1) is 21.2. The molecule has 32 heavy (non-hydrogen) atoms. The second kappa shape index (κ2) is 8.06. The van der Waals surface area contributed by atoms with Gasteiger partial charge in [0.1, 0.15) is 0 Å². The van der Waals surface area contributed by atoms with Crippen molar-refractivity contribution in [2.75, 3.05) is 10.6 Å². The van der Waals surface area contributed by atoms with Crippen molar-refractivity contribution in [3.8, 4) is 0 Å². The van der Waals surface area contributed by atoms with Gasteiger partial charge < -0.3 is 10.6 Å². The van der Waals surface area contributed by atoms with Crippen LogP contribution in [0, 0.1) is 36.5 Å². The van der Waals surface area contributed by atoms with Crippen molar-refractivity contribution < 1.29 is 9.59 Å². The van der Waals surface area contributed by atoms with Crippen molar-refractivity contribution >= 4 is 23.2 Å². The molecule has 0 aliphatic heterocycles. The number of rotatable bonds is 6. The second-order valence-corrected chi connectivity index (χ2v) is 11.0. The molecule has 0 heterocycles. The van der Waals surface area contributed by atoms with E-state index in [2.05, 4.69) is 10.6 Å². The fourth-order valence-electron chi connectivity index (χ4n) is 7.56. The van der Waals surface area contributed by atoms with E-state index in [0.29, 0.717) is 24.7 Å². The highest BCUT2D eigenvalue weighted by atomic mass is 16.2. The summed E-state index contributed by atoms with van der Waals surface area (Å²) < 4.78 is 0. The van der Waals surface area contributed by atoms with Crippen LogP contribution in [0.2, 0.25) is 0 Å². The van der Waals surface area contributed by atoms with Crippen LogP contribution in [0.5, 0.6) is 0 Å². The molecule has 0 aromatic heterocycles. The molecule has 0 radical (unpaired) electrons. The number of aryl methyl sites for hydroxylation is 2. The molecule has 4 fully saturated rings. The van der Waals surface area contributed by atoms with E-state index in [1.807, 2.05) is 62.4 Å². The number of para-hydroxylation sites is 2. The summed E-state index contributed by atoms with van der Waals surface area (Å²) in [5, 5.41) is 6.32. The summed E-state index contributed by atoms with van der Waals surface area (Å²) >= 11 is 0. The molecule has 4 bridgehead atoms. The van der Waals surface area contributed by atoms with Crippen LogP contribution in [0.4, 0.5) is 11.4 Å². The quantitative estimate of drug-likeness (QED) is 0.569. The summed E-state index contributed by atoms with van der Waals surface area (Å²) in [6.07, 6.45) is 8.03. The standard InChI is InChI=1S/C28H34N2O2/c1-19-7-3-5-9-23(19)29-25(31)16-27-12-21-11-22(13-27)15-28(14-21,18-27)17-26(32)30-24-10-6-4-8-20(24)2/h3-10,21-22H,11-18H2,1-2H3,(H,29,31)(H,30,32). The minimum Gasteiger partial charge on any atom is -0.326 e. The van der Waals surface area contributed by atoms with Gasteiger partial charge in [-0.1, -0.05) is 36.4 Å². The molecule has 0 atom stereocenters. The van der Waals surface area contributed by atoms with E-state index in [1.54, 1.807) is 0 Å². The molecule has 4 nitrogen and oxygen atoms in total. The molecular formula is C28H34N2O2. The third-order valence-corrected chi connectivity index (χ3v) is 8.21. The van der Waals surface area contributed by atoms with Gasteiger partial charge in [-0.15, -0.1) is 0 Å². The van der Waals surface area contributed by atoms with E-state index in [9.17, 15) is 9.59 Å². The lowest BCUT2D eigenvalue weighted by Gasteiger charge is -2.62. The first-order valence-corrected chi connectivity index (χ1v) is 12.0. The van der Waals surface area contributed by atoms with E-state index in [1.165, 1.54) is 6.42 Å². The minimum absolute atomic E-state index is 0.0554. The molecule has 4 aliphatic rings. The van der Waals surface area contributed by atoms with Crippen LogP contribution < -0.4 is 10.6 Å². The lowest BCUT2D eigenvalue weighted by molar-refractivity contribution is -0.142. The Kier molecular flexibility index (Phi) is 5.35. The largest absolute Gasteiger partial charge is 0.326 e. The smallest absolute Gasteiger partial charge is 0.224 e. The van der Waals surface area contributed by atoms with Crippen molar-refractivity contribution in [2.24, 2.45) is 22.7 Å². The third kappa shape index (κ3) is 4.20. The number of carbonyl (C=O) groups is 2. The van der Waals surface area contributed by atoms with E-state index >= 15 is 0 Å². The SMILES string of the molecule is Cc1ccccc1NC(=O)CC12CC3CC(C1)CC(CC(=O)Nc1ccccc1C)(C3)C2. The Bertz CT molecular complexity index is 950. The second-order valence-electron chi connectivity index (χ2n) is 11.0. The van der Waals surface area contributed by atoms with Gasteiger partial charge in [-0.2, -0.15) is 0 Å². The van der Waals surface area contributed by atoms with Crippen molar-refractivity contribution in [1.29, 1.82) is 0 Å². The molecule has 2 aromatic rings. The van der Waals surface area contributed by atoms with Crippen LogP contribution in [0.25, 0.3) is 0 Å². The van der Waals surface area contributed by atoms with E-state index < -0.39 is 0 Å². The van der Waals surface area contributed by atoms with Crippen LogP contribution in [-0.2, 0) is 9.59 Å². The Labute approximate surface area is 191 Å². The van der Waals surface area contributed by atoms with Gasteiger partial charge in [0.15, 0.2) is 0 Å². The molecule has 2 amide bonds. The van der Waals surface area contributed by atoms with Crippen LogP contribution >= 0.6 is 0 Å². The van der Waals surface area contributed by atoms with Gasteiger partial charge >= 0.3 is 0 Å². The molecular weight excluding hydrogens is 396 g/mol. The Morgan fingerprint density at radius 1 is 0.750 bits per heavy atom. The average Bonchev–Trinajstić information content (AvgIpc) is 2.69. The lowest BCUT2D eigenvalue weighted by Crippen LogP contribution is -2.53. The molecule has 4 aliphatic carbocycles. The Hall–Kier alpha value is -2.62. The molecule has 6 rings (SSSR count). The van der Waals surface area contributed by atoms with Crippen molar-refractivity contribution in [3.63, 3.8) is 0 Å². The van der Waals surface area contributed by atoms with Gasteiger partial charge in [0.05, 0.1) is 0 Å². The summed E-state index contributed by atoms with van der Waals surface area (Å²) in [6, 6.07) is 15.9. The monoisotopic (exact) mass is 430 g/mol. The zero-order chi connectivity index (χ0) is 22.3. The number of benzene rings is 2. The van der Waals surface area contributed by atoms with Gasteiger partial charge in [-0.3, -0.25) is 9.59 Å². The highest BCUT2D eigenvalue weighted by Crippen LogP contribution is 2.67. The molecule has 4 heteroatoms. The normalized spacial score (nSPS) is 30.2. The minimum atomic E-state index is 0.0554. The number of hydrogen-bond acceptors (Lipinski definition) is 2. The highest BCUT2D eigenvalue weighted by Gasteiger charge is 2.58. The average molecular weight is 431 g/mol. The Balaban J connectivity index is 1.29. The molecule has 2 N–H and O–H groups in total. The Morgan fingerprint density at radius 2 is 1.16 bits per heavy atom. The fourth-order valence-corrected chi connectivity index (χ4v) is 7.56. The fraction of sp³-hybridized carbons (Fsp3) is 0.500. The van der Waals surface area contributed by atoms with Gasteiger partial charge in [-0.25, -0.2) is 0 Å². The number of anilines is 2. The van der Waals surface area contributed by atoms with Crippen molar-refractivity contribution in [3.05, 3.63) is 59.7 Å². The van der Waals surface area contributed by atoms with Gasteiger partial charge in [-0.05, 0) is 98.3 Å². The van der Waals surface area contributed by atoms with Crippen LogP contribution in [-0.4, -0.2) is 11.8 Å². The summed E-state index contributed by atoms with van der Waals surface area (Å²) in [4.78, 5) is 26.1. The maximum absolute atomic E-state index is 13.1. The predicted molar refractivity (Wildman–Crippen MR) is 128 cm³/mol. The van der Waals surface area contributed by atoms with Crippen LogP contribution in [0.1, 0.15) is 62.5 Å². The maximum Gasteiger partial charge on any atom is 0.224 e. The van der Waals surface area contributed by atoms with Crippen LogP contribution in [0.3, 0.4) is 0 Å². The molecule has 0 spiro atoms. The molecule has 2 aromatic carbocycles. The lowest BCUT2D eigenvalue weighted by atomic mass is 9.43. The number of hydrogen-bond donors (Lipinski definition) is 2. The topological polar surface area (TPSA) is 58.2 Å². The molecule has 168 valence electrons. The van der Waals surface area contributed by atoms with E-state index in [0.717, 1.165) is 54.6 Å². The number of carbonyl (C=O) groups excluding carboxylic acids is 2. The zero-order valence-corrected chi connectivity index (χ0v) is 19.2.